The molecule has 0 radical (unpaired) electrons. The van der Waals surface area contributed by atoms with Gasteiger partial charge in [-0.25, -0.2) is 23.3 Å². The number of allylic oxidation sites excluding steroid dienone is 8. The average molecular weight is 1240 g/mol. The van der Waals surface area contributed by atoms with Gasteiger partial charge in [-0.15, -0.1) is 92.3 Å². The summed E-state index contributed by atoms with van der Waals surface area (Å²) in [5.74, 6) is 0. The normalized spacial score (nSPS) is 11.7. The van der Waals surface area contributed by atoms with Crippen molar-refractivity contribution in [1.29, 1.82) is 0 Å². The van der Waals surface area contributed by atoms with Crippen LogP contribution in [0.1, 0.15) is 125 Å². The Balaban J connectivity index is 0.000000179. The Hall–Kier alpha value is -5.45. The molecule has 0 N–H and O–H groups in total. The summed E-state index contributed by atoms with van der Waals surface area (Å²) in [7, 11) is 0. The Bertz CT molecular complexity index is 3150. The van der Waals surface area contributed by atoms with E-state index in [0.717, 1.165) is 38.5 Å². The summed E-state index contributed by atoms with van der Waals surface area (Å²) in [6, 6.07) is 74.2. The SMILES string of the molecule is CCCC1=CC[C-]=C1.CCCC1=CC[C-]=C1.CCc1ccc2c(c1)[cH-]c1cc(CC)ccc12.CCc1ccc2c(c1)[cH-]c1cc(CC)ccc12.[Cl-].[Cl-].[Zr+2]=[C](c1ccccc1)c1ccccc1.[Zr+2]=[C](c1ccccc1)c1ccccc1. The third-order valence-corrected chi connectivity index (χ3v) is 17.0. The van der Waals surface area contributed by atoms with Crippen molar-refractivity contribution < 1.29 is 73.3 Å². The summed E-state index contributed by atoms with van der Waals surface area (Å²) in [6.45, 7) is 13.2. The first kappa shape index (κ1) is 65.4. The van der Waals surface area contributed by atoms with Crippen LogP contribution in [0.4, 0.5) is 0 Å². The van der Waals surface area contributed by atoms with Gasteiger partial charge in [-0.3, -0.25) is 12.2 Å². The maximum absolute atomic E-state index is 3.14. The van der Waals surface area contributed by atoms with Crippen molar-refractivity contribution >= 4 is 49.5 Å². The van der Waals surface area contributed by atoms with Crippen LogP contribution in [0.3, 0.4) is 0 Å². The molecule has 4 heteroatoms. The third kappa shape index (κ3) is 19.3. The van der Waals surface area contributed by atoms with E-state index in [0.29, 0.717) is 0 Å². The van der Waals surface area contributed by atoms with E-state index in [2.05, 4.69) is 284 Å². The molecule has 0 heterocycles. The Morgan fingerprint density at radius 2 is 0.613 bits per heavy atom. The van der Waals surface area contributed by atoms with Gasteiger partial charge in [-0.1, -0.05) is 138 Å². The summed E-state index contributed by atoms with van der Waals surface area (Å²) in [4.78, 5) is 0. The molecule has 10 aromatic carbocycles. The quantitative estimate of drug-likeness (QED) is 0.107. The van der Waals surface area contributed by atoms with Crippen LogP contribution in [0.25, 0.3) is 43.1 Å². The molecule has 0 aliphatic heterocycles. The van der Waals surface area contributed by atoms with Crippen LogP contribution < -0.4 is 24.8 Å². The number of aryl methyl sites for hydroxylation is 4. The first-order valence-corrected chi connectivity index (χ1v) is 30.8. The molecule has 12 rings (SSSR count). The molecule has 0 saturated carbocycles. The van der Waals surface area contributed by atoms with E-state index < -0.39 is 0 Å². The summed E-state index contributed by atoms with van der Waals surface area (Å²) < 4.78 is 2.83. The van der Waals surface area contributed by atoms with Crippen LogP contribution >= 0.6 is 0 Å². The van der Waals surface area contributed by atoms with Gasteiger partial charge >= 0.3 is 198 Å². The fourth-order valence-corrected chi connectivity index (χ4v) is 11.3. The second kappa shape index (κ2) is 35.4. The van der Waals surface area contributed by atoms with Crippen LogP contribution in [0.2, 0.25) is 0 Å². The van der Waals surface area contributed by atoms with Gasteiger partial charge in [0.25, 0.3) is 0 Å². The third-order valence-electron chi connectivity index (χ3n) is 14.2. The summed E-state index contributed by atoms with van der Waals surface area (Å²) in [5, 5.41) is 11.1. The Morgan fingerprint density at radius 3 is 0.812 bits per heavy atom. The maximum atomic E-state index is 3.14. The summed E-state index contributed by atoms with van der Waals surface area (Å²) in [6.07, 6.45) is 26.4. The average Bonchev–Trinajstić information content (AvgIpc) is 4.36. The standard InChI is InChI=1S/2C17H17.2C13H10.2C8H11.2ClH.2Zr/c2*1-3-12-5-7-16-14(9-12)11-15-10-13(4-2)6-8-17(15)16;2*1-3-7-12(8-4-1)11-13-9-5-2-6-10-13;2*1-2-5-8-6-3-4-7-8;;;;/h2*5-11H,3-4H2,1-2H3;2*1-10H;2*6-7H,2-3,5H2,1H3;2*1H;;/q2*-1;;;2*-1;;;2*+2/p-2. The fraction of sp³-hybridized carbons (Fsp3) is 0.211. The first-order valence-electron chi connectivity index (χ1n) is 28.4. The molecule has 0 saturated heterocycles. The molecule has 2 aliphatic rings. The molecule has 404 valence electrons. The minimum absolute atomic E-state index is 0. The van der Waals surface area contributed by atoms with Crippen LogP contribution in [-0.4, -0.2) is 6.41 Å². The van der Waals surface area contributed by atoms with E-state index in [4.69, 9.17) is 0 Å². The van der Waals surface area contributed by atoms with Gasteiger partial charge in [-0.2, -0.15) is 12.2 Å². The second-order valence-electron chi connectivity index (χ2n) is 19.8. The molecular weight excluding hydrogens is 1170 g/mol. The molecular formula is C76H76Cl2Zr2-2. The van der Waals surface area contributed by atoms with Gasteiger partial charge in [0.1, 0.15) is 0 Å². The zero-order valence-corrected chi connectivity index (χ0v) is 54.2. The molecule has 0 aromatic heterocycles. The molecule has 2 aliphatic carbocycles. The van der Waals surface area contributed by atoms with Gasteiger partial charge in [-0.05, 0) is 25.7 Å². The van der Waals surface area contributed by atoms with E-state index in [1.165, 1.54) is 179 Å². The van der Waals surface area contributed by atoms with Gasteiger partial charge in [0, 0.05) is 0 Å². The molecule has 0 unspecified atom stereocenters. The molecule has 0 bridgehead atoms. The number of fused-ring (bicyclic) bond motifs is 6. The zero-order valence-electron chi connectivity index (χ0n) is 47.8. The van der Waals surface area contributed by atoms with Crippen molar-refractivity contribution in [2.75, 3.05) is 0 Å². The Labute approximate surface area is 522 Å². The molecule has 0 nitrogen and oxygen atoms in total. The zero-order chi connectivity index (χ0) is 54.9. The fourth-order valence-electron chi connectivity index (χ4n) is 9.68. The van der Waals surface area contributed by atoms with E-state index in [1.807, 2.05) is 0 Å². The van der Waals surface area contributed by atoms with Crippen molar-refractivity contribution in [1.82, 2.24) is 0 Å². The second-order valence-corrected chi connectivity index (χ2v) is 22.2. The van der Waals surface area contributed by atoms with Crippen LogP contribution in [0, 0.1) is 12.2 Å². The summed E-state index contributed by atoms with van der Waals surface area (Å²) >= 11 is 2.92. The van der Waals surface area contributed by atoms with E-state index in [-0.39, 0.29) is 24.8 Å². The number of rotatable bonds is 12. The van der Waals surface area contributed by atoms with E-state index in [1.54, 1.807) is 0 Å². The van der Waals surface area contributed by atoms with Crippen LogP contribution in [-0.2, 0) is 74.2 Å². The van der Waals surface area contributed by atoms with E-state index >= 15 is 0 Å². The predicted molar refractivity (Wildman–Crippen MR) is 335 cm³/mol. The van der Waals surface area contributed by atoms with E-state index in [9.17, 15) is 0 Å². The van der Waals surface area contributed by atoms with Crippen molar-refractivity contribution in [2.24, 2.45) is 0 Å². The monoisotopic (exact) mass is 1240 g/mol. The molecule has 10 aromatic rings. The van der Waals surface area contributed by atoms with Crippen molar-refractivity contribution in [3.05, 3.63) is 298 Å². The molecule has 80 heavy (non-hydrogen) atoms. The number of halogens is 2. The van der Waals surface area contributed by atoms with Gasteiger partial charge < -0.3 is 24.8 Å². The topological polar surface area (TPSA) is 0 Å². The van der Waals surface area contributed by atoms with Crippen molar-refractivity contribution in [3.63, 3.8) is 0 Å². The van der Waals surface area contributed by atoms with Gasteiger partial charge in [0.15, 0.2) is 0 Å². The van der Waals surface area contributed by atoms with Gasteiger partial charge in [0.2, 0.25) is 0 Å². The summed E-state index contributed by atoms with van der Waals surface area (Å²) in [5.41, 5.74) is 13.9. The minimum atomic E-state index is 0. The van der Waals surface area contributed by atoms with Crippen LogP contribution in [0.15, 0.2) is 242 Å². The number of hydrogen-bond donors (Lipinski definition) is 0. The predicted octanol–water partition coefficient (Wildman–Crippen LogP) is 14.2. The number of benzene rings is 8. The van der Waals surface area contributed by atoms with Crippen molar-refractivity contribution in [2.45, 2.75) is 106 Å². The molecule has 0 fully saturated rings. The van der Waals surface area contributed by atoms with Gasteiger partial charge in [0.05, 0.1) is 0 Å². The molecule has 0 amide bonds. The molecule has 0 atom stereocenters. The Kier molecular flexibility index (Phi) is 28.9. The Morgan fingerprint density at radius 1 is 0.362 bits per heavy atom. The first-order chi connectivity index (χ1) is 38.2. The molecule has 0 spiro atoms. The van der Waals surface area contributed by atoms with Crippen LogP contribution in [0.5, 0.6) is 0 Å². The number of hydrogen-bond acceptors (Lipinski definition) is 0. The van der Waals surface area contributed by atoms with Crippen molar-refractivity contribution in [3.8, 4) is 0 Å².